The van der Waals surface area contributed by atoms with Gasteiger partial charge in [0.25, 0.3) is 0 Å². The average molecular weight is 369 g/mol. The molecule has 0 saturated carbocycles. The van der Waals surface area contributed by atoms with E-state index >= 15 is 0 Å². The number of amides is 1. The molecule has 1 aliphatic heterocycles. The highest BCUT2D eigenvalue weighted by molar-refractivity contribution is 7.89. The molecule has 0 aliphatic carbocycles. The molecule has 1 aromatic rings. The van der Waals surface area contributed by atoms with E-state index < -0.39 is 10.0 Å². The van der Waals surface area contributed by atoms with Crippen LogP contribution in [0.4, 0.5) is 5.69 Å². The zero-order valence-corrected chi connectivity index (χ0v) is 15.9. The second kappa shape index (κ2) is 8.64. The van der Waals surface area contributed by atoms with Crippen LogP contribution in [-0.4, -0.2) is 52.4 Å². The number of sulfonamides is 1. The van der Waals surface area contributed by atoms with E-state index in [9.17, 15) is 13.2 Å². The third-order valence-electron chi connectivity index (χ3n) is 4.32. The summed E-state index contributed by atoms with van der Waals surface area (Å²) in [5.74, 6) is -0.109. The van der Waals surface area contributed by atoms with Gasteiger partial charge in [-0.1, -0.05) is 13.3 Å². The molecular formula is C17H27N3O4S. The van der Waals surface area contributed by atoms with Crippen molar-refractivity contribution in [3.63, 3.8) is 0 Å². The number of carbonyl (C=O) groups excluding carboxylic acids is 1. The Hall–Kier alpha value is -1.64. The minimum atomic E-state index is -3.65. The van der Waals surface area contributed by atoms with Crippen LogP contribution in [0.3, 0.4) is 0 Å². The largest absolute Gasteiger partial charge is 0.495 e. The number of methoxy groups -OCH3 is 1. The van der Waals surface area contributed by atoms with Crippen LogP contribution in [0, 0.1) is 5.92 Å². The van der Waals surface area contributed by atoms with Crippen LogP contribution in [0.5, 0.6) is 5.75 Å². The fourth-order valence-corrected chi connectivity index (χ4v) is 4.56. The molecule has 0 aromatic heterocycles. The molecule has 1 atom stereocenters. The van der Waals surface area contributed by atoms with E-state index in [2.05, 4.69) is 10.6 Å². The number of nitrogens with zero attached hydrogens (tertiary/aromatic N) is 1. The number of nitrogens with one attached hydrogen (secondary N) is 2. The highest BCUT2D eigenvalue weighted by Crippen LogP contribution is 2.31. The summed E-state index contributed by atoms with van der Waals surface area (Å²) >= 11 is 0. The van der Waals surface area contributed by atoms with Crippen LogP contribution in [0.2, 0.25) is 0 Å². The molecule has 140 valence electrons. The van der Waals surface area contributed by atoms with E-state index in [0.29, 0.717) is 25.3 Å². The van der Waals surface area contributed by atoms with Crippen LogP contribution in [-0.2, 0) is 14.8 Å². The lowest BCUT2D eigenvalue weighted by Crippen LogP contribution is -2.35. The van der Waals surface area contributed by atoms with Gasteiger partial charge in [-0.25, -0.2) is 8.42 Å². The Kier molecular flexibility index (Phi) is 6.80. The Morgan fingerprint density at radius 3 is 2.56 bits per heavy atom. The minimum absolute atomic E-state index is 0.0935. The van der Waals surface area contributed by atoms with Gasteiger partial charge in [0.2, 0.25) is 15.9 Å². The van der Waals surface area contributed by atoms with Gasteiger partial charge in [-0.15, -0.1) is 0 Å². The van der Waals surface area contributed by atoms with Gasteiger partial charge in [0.15, 0.2) is 0 Å². The van der Waals surface area contributed by atoms with E-state index in [0.717, 1.165) is 19.3 Å². The molecule has 1 amide bonds. The van der Waals surface area contributed by atoms with Gasteiger partial charge in [0.05, 0.1) is 7.11 Å². The third-order valence-corrected chi connectivity index (χ3v) is 6.24. The van der Waals surface area contributed by atoms with Gasteiger partial charge < -0.3 is 15.4 Å². The van der Waals surface area contributed by atoms with Crippen molar-refractivity contribution in [3.8, 4) is 5.75 Å². The molecule has 2 rings (SSSR count). The van der Waals surface area contributed by atoms with Crippen molar-refractivity contribution in [2.24, 2.45) is 5.92 Å². The molecule has 7 nitrogen and oxygen atoms in total. The highest BCUT2D eigenvalue weighted by Gasteiger charge is 2.29. The van der Waals surface area contributed by atoms with E-state index in [1.54, 1.807) is 26.1 Å². The van der Waals surface area contributed by atoms with Crippen molar-refractivity contribution in [1.29, 1.82) is 0 Å². The Bertz CT molecular complexity index is 700. The van der Waals surface area contributed by atoms with Crippen molar-refractivity contribution in [2.75, 3.05) is 39.1 Å². The Morgan fingerprint density at radius 2 is 1.96 bits per heavy atom. The fourth-order valence-electron chi connectivity index (χ4n) is 2.86. The molecule has 2 N–H and O–H groups in total. The first-order chi connectivity index (χ1) is 11.9. The summed E-state index contributed by atoms with van der Waals surface area (Å²) in [5, 5.41) is 5.72. The second-order valence-electron chi connectivity index (χ2n) is 6.28. The molecule has 0 spiro atoms. The number of piperidine rings is 1. The third kappa shape index (κ3) is 4.71. The lowest BCUT2D eigenvalue weighted by molar-refractivity contribution is -0.119. The average Bonchev–Trinajstić information content (AvgIpc) is 2.62. The maximum absolute atomic E-state index is 13.0. The van der Waals surface area contributed by atoms with Gasteiger partial charge in [-0.05, 0) is 38.1 Å². The molecule has 1 heterocycles. The predicted molar refractivity (Wildman–Crippen MR) is 97.3 cm³/mol. The summed E-state index contributed by atoms with van der Waals surface area (Å²) in [7, 11) is -0.428. The monoisotopic (exact) mass is 369 g/mol. The van der Waals surface area contributed by atoms with Crippen LogP contribution >= 0.6 is 0 Å². The smallest absolute Gasteiger partial charge is 0.246 e. The van der Waals surface area contributed by atoms with Gasteiger partial charge >= 0.3 is 0 Å². The van der Waals surface area contributed by atoms with Crippen molar-refractivity contribution >= 4 is 21.6 Å². The normalized spacial score (nSPS) is 17.1. The second-order valence-corrected chi connectivity index (χ2v) is 8.18. The fraction of sp³-hybridized carbons (Fsp3) is 0.588. The van der Waals surface area contributed by atoms with Crippen LogP contribution in [0.15, 0.2) is 23.1 Å². The van der Waals surface area contributed by atoms with Gasteiger partial charge in [-0.2, -0.15) is 4.31 Å². The molecule has 1 unspecified atom stereocenters. The lowest BCUT2D eigenvalue weighted by Gasteiger charge is -2.26. The van der Waals surface area contributed by atoms with Gasteiger partial charge in [0, 0.05) is 31.2 Å². The summed E-state index contributed by atoms with van der Waals surface area (Å²) in [6.45, 7) is 3.38. The molecule has 0 bridgehead atoms. The summed E-state index contributed by atoms with van der Waals surface area (Å²) in [5.41, 5.74) is 0.448. The molecule has 1 aliphatic rings. The van der Waals surface area contributed by atoms with Crippen LogP contribution in [0.1, 0.15) is 26.2 Å². The van der Waals surface area contributed by atoms with Gasteiger partial charge in [-0.3, -0.25) is 4.79 Å². The number of anilines is 1. The summed E-state index contributed by atoms with van der Waals surface area (Å²) < 4.78 is 32.7. The SMILES string of the molecule is CNCC(C)C(=O)Nc1ccc(OC)c(S(=O)(=O)N2CCCCC2)c1. The topological polar surface area (TPSA) is 87.7 Å². The molecule has 1 saturated heterocycles. The molecule has 1 fully saturated rings. The van der Waals surface area contributed by atoms with E-state index in [4.69, 9.17) is 4.74 Å². The molecule has 0 radical (unpaired) electrons. The maximum Gasteiger partial charge on any atom is 0.246 e. The number of rotatable bonds is 7. The molecular weight excluding hydrogens is 342 g/mol. The van der Waals surface area contributed by atoms with Crippen LogP contribution < -0.4 is 15.4 Å². The number of hydrogen-bond donors (Lipinski definition) is 2. The van der Waals surface area contributed by atoms with Crippen molar-refractivity contribution < 1.29 is 17.9 Å². The zero-order chi connectivity index (χ0) is 18.4. The van der Waals surface area contributed by atoms with Crippen molar-refractivity contribution in [1.82, 2.24) is 9.62 Å². The Morgan fingerprint density at radius 1 is 1.28 bits per heavy atom. The number of benzene rings is 1. The van der Waals surface area contributed by atoms with Gasteiger partial charge in [0.1, 0.15) is 10.6 Å². The number of ether oxygens (including phenoxy) is 1. The zero-order valence-electron chi connectivity index (χ0n) is 15.0. The first-order valence-electron chi connectivity index (χ1n) is 8.53. The molecule has 25 heavy (non-hydrogen) atoms. The van der Waals surface area contributed by atoms with Crippen molar-refractivity contribution in [3.05, 3.63) is 18.2 Å². The summed E-state index contributed by atoms with van der Waals surface area (Å²) in [4.78, 5) is 12.3. The van der Waals surface area contributed by atoms with Crippen molar-refractivity contribution in [2.45, 2.75) is 31.1 Å². The predicted octanol–water partition coefficient (Wildman–Crippen LogP) is 1.66. The standard InChI is InChI=1S/C17H27N3O4S/c1-13(12-18-2)17(21)19-14-7-8-15(24-3)16(11-14)25(22,23)20-9-5-4-6-10-20/h7-8,11,13,18H,4-6,9-10,12H2,1-3H3,(H,19,21). The highest BCUT2D eigenvalue weighted by atomic mass is 32.2. The van der Waals surface area contributed by atoms with E-state index in [1.807, 2.05) is 0 Å². The molecule has 8 heteroatoms. The quantitative estimate of drug-likeness (QED) is 0.763. The Labute approximate surface area is 149 Å². The minimum Gasteiger partial charge on any atom is -0.495 e. The lowest BCUT2D eigenvalue weighted by atomic mass is 10.1. The maximum atomic E-state index is 13.0. The van der Waals surface area contributed by atoms with E-state index in [-0.39, 0.29) is 22.5 Å². The Balaban J connectivity index is 2.29. The first-order valence-corrected chi connectivity index (χ1v) is 9.97. The summed E-state index contributed by atoms with van der Waals surface area (Å²) in [6, 6.07) is 4.71. The first kappa shape index (κ1) is 19.7. The van der Waals surface area contributed by atoms with Crippen LogP contribution in [0.25, 0.3) is 0 Å². The summed E-state index contributed by atoms with van der Waals surface area (Å²) in [6.07, 6.45) is 2.77. The number of carbonyl (C=O) groups is 1. The molecule has 1 aromatic carbocycles. The van der Waals surface area contributed by atoms with E-state index in [1.165, 1.54) is 17.5 Å². The number of hydrogen-bond acceptors (Lipinski definition) is 5.